The summed E-state index contributed by atoms with van der Waals surface area (Å²) in [5, 5.41) is 3.30. The summed E-state index contributed by atoms with van der Waals surface area (Å²) in [6, 6.07) is 0. The molecule has 0 aromatic carbocycles. The Morgan fingerprint density at radius 1 is 1.50 bits per heavy atom. The Morgan fingerprint density at radius 2 is 2.28 bits per heavy atom. The van der Waals surface area contributed by atoms with Gasteiger partial charge in [-0.25, -0.2) is 18.1 Å². The van der Waals surface area contributed by atoms with E-state index >= 15 is 0 Å². The first-order valence-corrected chi connectivity index (χ1v) is 8.07. The molecule has 0 aliphatic carbocycles. The topological polar surface area (TPSA) is 76.0 Å². The van der Waals surface area contributed by atoms with Crippen molar-refractivity contribution in [2.45, 2.75) is 32.9 Å². The van der Waals surface area contributed by atoms with Crippen LogP contribution < -0.4 is 10.0 Å². The van der Waals surface area contributed by atoms with Gasteiger partial charge in [0.2, 0.25) is 10.0 Å². The minimum absolute atomic E-state index is 0.476. The van der Waals surface area contributed by atoms with Gasteiger partial charge in [0, 0.05) is 38.3 Å². The summed E-state index contributed by atoms with van der Waals surface area (Å²) in [7, 11) is -3.08. The number of hydrogen-bond acceptors (Lipinski definition) is 4. The Labute approximate surface area is 108 Å². The van der Waals surface area contributed by atoms with Crippen LogP contribution in [0.4, 0.5) is 0 Å². The van der Waals surface area contributed by atoms with E-state index in [0.717, 1.165) is 44.0 Å². The highest BCUT2D eigenvalue weighted by atomic mass is 32.2. The molecule has 102 valence electrons. The molecule has 0 fully saturated rings. The number of nitrogens with zero attached hydrogens (tertiary/aromatic N) is 2. The Bertz CT molecular complexity index is 521. The van der Waals surface area contributed by atoms with E-state index < -0.39 is 10.0 Å². The van der Waals surface area contributed by atoms with Gasteiger partial charge in [-0.05, 0) is 13.3 Å². The summed E-state index contributed by atoms with van der Waals surface area (Å²) in [5.74, 6) is 1.02. The lowest BCUT2D eigenvalue weighted by Gasteiger charge is -2.15. The maximum absolute atomic E-state index is 11.0. The smallest absolute Gasteiger partial charge is 0.208 e. The van der Waals surface area contributed by atoms with Crippen LogP contribution in [-0.2, 0) is 29.5 Å². The van der Waals surface area contributed by atoms with Crippen molar-refractivity contribution in [1.82, 2.24) is 19.6 Å². The van der Waals surface area contributed by atoms with Crippen molar-refractivity contribution in [3.63, 3.8) is 0 Å². The van der Waals surface area contributed by atoms with Crippen molar-refractivity contribution < 1.29 is 8.42 Å². The van der Waals surface area contributed by atoms with Crippen LogP contribution in [0.25, 0.3) is 0 Å². The second kappa shape index (κ2) is 5.38. The number of fused-ring (bicyclic) bond motifs is 1. The van der Waals surface area contributed by atoms with Crippen molar-refractivity contribution in [1.29, 1.82) is 0 Å². The molecule has 1 aromatic rings. The second-order valence-corrected chi connectivity index (χ2v) is 6.48. The van der Waals surface area contributed by atoms with Crippen molar-refractivity contribution in [2.75, 3.05) is 19.3 Å². The highest BCUT2D eigenvalue weighted by molar-refractivity contribution is 7.88. The third-order valence-electron chi connectivity index (χ3n) is 3.10. The van der Waals surface area contributed by atoms with Gasteiger partial charge in [-0.3, -0.25) is 0 Å². The van der Waals surface area contributed by atoms with Gasteiger partial charge in [-0.1, -0.05) is 0 Å². The molecule has 7 heteroatoms. The quantitative estimate of drug-likeness (QED) is 0.726. The molecule has 1 aliphatic rings. The summed E-state index contributed by atoms with van der Waals surface area (Å²) in [5.41, 5.74) is 2.43. The van der Waals surface area contributed by atoms with Gasteiger partial charge in [0.1, 0.15) is 5.82 Å². The number of sulfonamides is 1. The minimum atomic E-state index is -3.08. The highest BCUT2D eigenvalue weighted by Gasteiger charge is 2.17. The first kappa shape index (κ1) is 13.5. The lowest BCUT2D eigenvalue weighted by atomic mass is 10.2. The van der Waals surface area contributed by atoms with Gasteiger partial charge in [-0.2, -0.15) is 0 Å². The molecule has 0 radical (unpaired) electrons. The number of aromatic nitrogens is 2. The molecule has 0 unspecified atom stereocenters. The van der Waals surface area contributed by atoms with Gasteiger partial charge in [0.25, 0.3) is 0 Å². The molecule has 2 heterocycles. The summed E-state index contributed by atoms with van der Waals surface area (Å²) in [4.78, 5) is 4.54. The number of nitrogens with one attached hydrogen (secondary N) is 2. The molecular weight excluding hydrogens is 252 g/mol. The van der Waals surface area contributed by atoms with Crippen molar-refractivity contribution in [2.24, 2.45) is 0 Å². The van der Waals surface area contributed by atoms with E-state index in [1.165, 1.54) is 11.9 Å². The molecule has 0 amide bonds. The SMILES string of the molecule is Cc1nc2c(n1CCCNS(C)(=O)=O)CCNC2. The lowest BCUT2D eigenvalue weighted by Crippen LogP contribution is -2.26. The maximum atomic E-state index is 11.0. The molecule has 2 N–H and O–H groups in total. The monoisotopic (exact) mass is 272 g/mol. The van der Waals surface area contributed by atoms with Gasteiger partial charge in [-0.15, -0.1) is 0 Å². The Morgan fingerprint density at radius 3 is 3.00 bits per heavy atom. The molecule has 0 saturated heterocycles. The van der Waals surface area contributed by atoms with Crippen molar-refractivity contribution in [3.8, 4) is 0 Å². The summed E-state index contributed by atoms with van der Waals surface area (Å²) in [6.45, 7) is 5.12. The predicted molar refractivity (Wildman–Crippen MR) is 69.8 cm³/mol. The minimum Gasteiger partial charge on any atom is -0.332 e. The van der Waals surface area contributed by atoms with E-state index in [-0.39, 0.29) is 0 Å². The van der Waals surface area contributed by atoms with Crippen LogP contribution in [0, 0.1) is 6.92 Å². The fourth-order valence-corrected chi connectivity index (χ4v) is 2.81. The molecule has 18 heavy (non-hydrogen) atoms. The predicted octanol–water partition coefficient (Wildman–Crippen LogP) is -0.223. The molecule has 0 spiro atoms. The Hall–Kier alpha value is -0.920. The average Bonchev–Trinajstić information content (AvgIpc) is 2.59. The van der Waals surface area contributed by atoms with Gasteiger partial charge in [0.05, 0.1) is 11.9 Å². The molecule has 0 atom stereocenters. The van der Waals surface area contributed by atoms with E-state index in [2.05, 4.69) is 19.6 Å². The van der Waals surface area contributed by atoms with E-state index in [1.807, 2.05) is 6.92 Å². The van der Waals surface area contributed by atoms with Gasteiger partial charge in [0.15, 0.2) is 0 Å². The summed E-state index contributed by atoms with van der Waals surface area (Å²) < 4.78 is 26.6. The second-order valence-electron chi connectivity index (χ2n) is 4.65. The third-order valence-corrected chi connectivity index (χ3v) is 3.83. The standard InChI is InChI=1S/C11H20N4O2S/c1-9-14-10-8-12-6-4-11(10)15(9)7-3-5-13-18(2,16)17/h12-13H,3-8H2,1-2H3. The van der Waals surface area contributed by atoms with Crippen molar-refractivity contribution in [3.05, 3.63) is 17.2 Å². The first-order valence-electron chi connectivity index (χ1n) is 6.17. The van der Waals surface area contributed by atoms with Crippen LogP contribution in [-0.4, -0.2) is 37.3 Å². The Balaban J connectivity index is 1.95. The molecule has 0 saturated carbocycles. The van der Waals surface area contributed by atoms with E-state index in [4.69, 9.17) is 0 Å². The summed E-state index contributed by atoms with van der Waals surface area (Å²) >= 11 is 0. The molecule has 6 nitrogen and oxygen atoms in total. The average molecular weight is 272 g/mol. The van der Waals surface area contributed by atoms with Crippen LogP contribution >= 0.6 is 0 Å². The zero-order valence-corrected chi connectivity index (χ0v) is 11.7. The number of hydrogen-bond donors (Lipinski definition) is 2. The molecule has 2 rings (SSSR count). The molecule has 1 aliphatic heterocycles. The molecular formula is C11H20N4O2S. The first-order chi connectivity index (χ1) is 8.47. The maximum Gasteiger partial charge on any atom is 0.208 e. The number of aryl methyl sites for hydroxylation is 1. The highest BCUT2D eigenvalue weighted by Crippen LogP contribution is 2.15. The fourth-order valence-electron chi connectivity index (χ4n) is 2.30. The van der Waals surface area contributed by atoms with E-state index in [1.54, 1.807) is 0 Å². The number of rotatable bonds is 5. The van der Waals surface area contributed by atoms with E-state index in [9.17, 15) is 8.42 Å². The van der Waals surface area contributed by atoms with Crippen molar-refractivity contribution >= 4 is 10.0 Å². The normalized spacial score (nSPS) is 15.7. The summed E-state index contributed by atoms with van der Waals surface area (Å²) in [6.07, 6.45) is 2.96. The van der Waals surface area contributed by atoms with Gasteiger partial charge < -0.3 is 9.88 Å². The van der Waals surface area contributed by atoms with Crippen LogP contribution in [0.1, 0.15) is 23.6 Å². The molecule has 1 aromatic heterocycles. The lowest BCUT2D eigenvalue weighted by molar-refractivity contribution is 0.552. The van der Waals surface area contributed by atoms with E-state index in [0.29, 0.717) is 6.54 Å². The van der Waals surface area contributed by atoms with Crippen LogP contribution in [0.3, 0.4) is 0 Å². The molecule has 0 bridgehead atoms. The van der Waals surface area contributed by atoms with Crippen LogP contribution in [0.15, 0.2) is 0 Å². The number of imidazole rings is 1. The van der Waals surface area contributed by atoms with Crippen LogP contribution in [0.5, 0.6) is 0 Å². The fraction of sp³-hybridized carbons (Fsp3) is 0.727. The van der Waals surface area contributed by atoms with Gasteiger partial charge >= 0.3 is 0 Å². The Kier molecular flexibility index (Phi) is 4.04. The zero-order valence-electron chi connectivity index (χ0n) is 10.9. The zero-order chi connectivity index (χ0) is 13.2. The third kappa shape index (κ3) is 3.30. The largest absolute Gasteiger partial charge is 0.332 e. The van der Waals surface area contributed by atoms with Crippen LogP contribution in [0.2, 0.25) is 0 Å².